The summed E-state index contributed by atoms with van der Waals surface area (Å²) in [5.41, 5.74) is 3.44. The predicted molar refractivity (Wildman–Crippen MR) is 131 cm³/mol. The summed E-state index contributed by atoms with van der Waals surface area (Å²) in [6.45, 7) is 3.35. The number of nitro groups is 1. The zero-order valence-electron chi connectivity index (χ0n) is 18.8. The van der Waals surface area contributed by atoms with E-state index in [0.29, 0.717) is 12.1 Å². The molecule has 1 aliphatic rings. The van der Waals surface area contributed by atoms with Crippen LogP contribution in [-0.2, 0) is 16.6 Å². The quantitative estimate of drug-likeness (QED) is 0.274. The average molecular weight is 476 g/mol. The Hall–Kier alpha value is -3.49. The van der Waals surface area contributed by atoms with Gasteiger partial charge in [0.15, 0.2) is 0 Å². The van der Waals surface area contributed by atoms with E-state index < -0.39 is 14.9 Å². The number of nitrogens with zero attached hydrogens (tertiary/aromatic N) is 3. The maximum absolute atomic E-state index is 13.8. The van der Waals surface area contributed by atoms with E-state index >= 15 is 0 Å². The van der Waals surface area contributed by atoms with Crippen molar-refractivity contribution in [2.24, 2.45) is 0 Å². The molecule has 1 aromatic heterocycles. The first kappa shape index (κ1) is 22.3. The number of aromatic nitrogens is 1. The van der Waals surface area contributed by atoms with Gasteiger partial charge >= 0.3 is 0 Å². The summed E-state index contributed by atoms with van der Waals surface area (Å²) in [4.78, 5) is 13.1. The van der Waals surface area contributed by atoms with E-state index in [1.54, 1.807) is 24.3 Å². The zero-order valence-corrected chi connectivity index (χ0v) is 19.6. The van der Waals surface area contributed by atoms with E-state index in [9.17, 15) is 18.5 Å². The summed E-state index contributed by atoms with van der Waals surface area (Å²) in [5, 5.41) is 11.9. The number of benzene rings is 3. The summed E-state index contributed by atoms with van der Waals surface area (Å²) in [5.74, 6) is 0. The van der Waals surface area contributed by atoms with Gasteiger partial charge in [0.1, 0.15) is 0 Å². The van der Waals surface area contributed by atoms with Crippen molar-refractivity contribution in [1.29, 1.82) is 0 Å². The number of fused-ring (bicyclic) bond motifs is 1. The van der Waals surface area contributed by atoms with Gasteiger partial charge in [0.2, 0.25) is 0 Å². The largest absolute Gasteiger partial charge is 0.291 e. The molecule has 0 spiro atoms. The van der Waals surface area contributed by atoms with Gasteiger partial charge in [-0.2, -0.15) is 0 Å². The van der Waals surface area contributed by atoms with Gasteiger partial charge in [0.05, 0.1) is 27.1 Å². The molecule has 0 N–H and O–H groups in total. The van der Waals surface area contributed by atoms with Crippen LogP contribution < -0.4 is 0 Å². The van der Waals surface area contributed by atoms with Crippen LogP contribution >= 0.6 is 0 Å². The molecule has 7 nitrogen and oxygen atoms in total. The van der Waals surface area contributed by atoms with Gasteiger partial charge in [-0.1, -0.05) is 48.0 Å². The molecule has 0 amide bonds. The number of hydrogen-bond donors (Lipinski definition) is 0. The van der Waals surface area contributed by atoms with E-state index in [-0.39, 0.29) is 16.6 Å². The Morgan fingerprint density at radius 2 is 1.71 bits per heavy atom. The Morgan fingerprint density at radius 1 is 1.00 bits per heavy atom. The molecule has 8 heteroatoms. The van der Waals surface area contributed by atoms with Crippen molar-refractivity contribution >= 4 is 26.6 Å². The maximum atomic E-state index is 13.8. The lowest BCUT2D eigenvalue weighted by molar-refractivity contribution is -0.384. The topological polar surface area (TPSA) is 85.5 Å². The standard InChI is InChI=1S/C26H25N3O4S/c1-19-8-14-23(15-9-19)34(32,33)28-24-6-3-2-5-21(24)17-26(28)25-7-4-16-27(25)18-20-10-12-22(13-11-20)29(30)31/h2-3,5-6,8-15,17,25H,4,7,16,18H2,1H3. The molecule has 34 heavy (non-hydrogen) atoms. The highest BCUT2D eigenvalue weighted by atomic mass is 32.2. The Bertz CT molecular complexity index is 1460. The van der Waals surface area contributed by atoms with Crippen LogP contribution in [0.25, 0.3) is 10.9 Å². The minimum Gasteiger partial charge on any atom is -0.291 e. The monoisotopic (exact) mass is 475 g/mol. The number of hydrogen-bond acceptors (Lipinski definition) is 5. The third-order valence-electron chi connectivity index (χ3n) is 6.49. The fourth-order valence-electron chi connectivity index (χ4n) is 4.77. The Kier molecular flexibility index (Phi) is 5.71. The summed E-state index contributed by atoms with van der Waals surface area (Å²) in [7, 11) is -3.80. The van der Waals surface area contributed by atoms with E-state index in [1.807, 2.05) is 49.4 Å². The van der Waals surface area contributed by atoms with Crippen molar-refractivity contribution in [3.63, 3.8) is 0 Å². The summed E-state index contributed by atoms with van der Waals surface area (Å²) >= 11 is 0. The molecule has 4 aromatic rings. The first-order chi connectivity index (χ1) is 16.3. The smallest absolute Gasteiger partial charge is 0.269 e. The second kappa shape index (κ2) is 8.70. The lowest BCUT2D eigenvalue weighted by Crippen LogP contribution is -2.26. The maximum Gasteiger partial charge on any atom is 0.269 e. The number of nitro benzene ring substituents is 1. The summed E-state index contributed by atoms with van der Waals surface area (Å²) in [6, 6.07) is 23.0. The lowest BCUT2D eigenvalue weighted by atomic mass is 10.1. The minimum atomic E-state index is -3.80. The van der Waals surface area contributed by atoms with Crippen LogP contribution in [0.4, 0.5) is 5.69 Å². The number of para-hydroxylation sites is 1. The molecule has 5 rings (SSSR count). The van der Waals surface area contributed by atoms with Gasteiger partial charge in [0.25, 0.3) is 15.7 Å². The molecule has 0 saturated carbocycles. The number of non-ortho nitro benzene ring substituents is 1. The van der Waals surface area contributed by atoms with Crippen LogP contribution in [0.15, 0.2) is 83.8 Å². The normalized spacial score (nSPS) is 16.8. The molecule has 1 saturated heterocycles. The third kappa shape index (κ3) is 3.99. The molecule has 3 aromatic carbocycles. The molecular formula is C26H25N3O4S. The highest BCUT2D eigenvalue weighted by Crippen LogP contribution is 2.38. The summed E-state index contributed by atoms with van der Waals surface area (Å²) < 4.78 is 29.2. The first-order valence-electron chi connectivity index (χ1n) is 11.2. The van der Waals surface area contributed by atoms with E-state index in [0.717, 1.165) is 41.6 Å². The molecule has 1 atom stereocenters. The second-order valence-electron chi connectivity index (χ2n) is 8.76. The van der Waals surface area contributed by atoms with Crippen LogP contribution in [0, 0.1) is 17.0 Å². The fourth-order valence-corrected chi connectivity index (χ4v) is 6.34. The highest BCUT2D eigenvalue weighted by molar-refractivity contribution is 7.90. The molecule has 1 fully saturated rings. The van der Waals surface area contributed by atoms with Crippen LogP contribution in [0.5, 0.6) is 0 Å². The van der Waals surface area contributed by atoms with Gasteiger partial charge < -0.3 is 0 Å². The predicted octanol–water partition coefficient (Wildman–Crippen LogP) is 5.43. The van der Waals surface area contributed by atoms with Crippen molar-refractivity contribution in [2.45, 2.75) is 37.2 Å². The molecule has 2 heterocycles. The third-order valence-corrected chi connectivity index (χ3v) is 8.25. The van der Waals surface area contributed by atoms with Gasteiger partial charge in [0, 0.05) is 24.1 Å². The fraction of sp³-hybridized carbons (Fsp3) is 0.231. The van der Waals surface area contributed by atoms with E-state index in [2.05, 4.69) is 4.90 Å². The molecule has 1 unspecified atom stereocenters. The molecular weight excluding hydrogens is 450 g/mol. The number of likely N-dealkylation sites (tertiary alicyclic amines) is 1. The van der Waals surface area contributed by atoms with Gasteiger partial charge in [-0.15, -0.1) is 0 Å². The van der Waals surface area contributed by atoms with Crippen molar-refractivity contribution < 1.29 is 13.3 Å². The lowest BCUT2D eigenvalue weighted by Gasteiger charge is -2.26. The number of aryl methyl sites for hydroxylation is 1. The average Bonchev–Trinajstić information content (AvgIpc) is 3.44. The minimum absolute atomic E-state index is 0.0611. The molecule has 1 aliphatic heterocycles. The van der Waals surface area contributed by atoms with E-state index in [4.69, 9.17) is 0 Å². The van der Waals surface area contributed by atoms with Crippen LogP contribution in [0.1, 0.15) is 35.7 Å². The van der Waals surface area contributed by atoms with Gasteiger partial charge in [-0.05, 0) is 56.1 Å². The van der Waals surface area contributed by atoms with Crippen molar-refractivity contribution in [3.05, 3.63) is 106 Å². The van der Waals surface area contributed by atoms with Gasteiger partial charge in [-0.25, -0.2) is 12.4 Å². The van der Waals surface area contributed by atoms with Crippen LogP contribution in [0.2, 0.25) is 0 Å². The van der Waals surface area contributed by atoms with Gasteiger partial charge in [-0.3, -0.25) is 15.0 Å². The first-order valence-corrected chi connectivity index (χ1v) is 12.7. The molecule has 0 radical (unpaired) electrons. The van der Waals surface area contributed by atoms with E-state index in [1.165, 1.54) is 16.1 Å². The SMILES string of the molecule is Cc1ccc(S(=O)(=O)n2c(C3CCCN3Cc3ccc([N+](=O)[O-])cc3)cc3ccccc32)cc1. The van der Waals surface area contributed by atoms with Crippen molar-refractivity contribution in [2.75, 3.05) is 6.54 Å². The Morgan fingerprint density at radius 3 is 2.41 bits per heavy atom. The zero-order chi connectivity index (χ0) is 23.9. The Balaban J connectivity index is 1.56. The molecule has 174 valence electrons. The highest BCUT2D eigenvalue weighted by Gasteiger charge is 2.33. The van der Waals surface area contributed by atoms with Crippen LogP contribution in [-0.4, -0.2) is 28.8 Å². The molecule has 0 aliphatic carbocycles. The van der Waals surface area contributed by atoms with Crippen molar-refractivity contribution in [1.82, 2.24) is 8.87 Å². The second-order valence-corrected chi connectivity index (χ2v) is 10.5. The number of rotatable bonds is 6. The van der Waals surface area contributed by atoms with Crippen LogP contribution in [0.3, 0.4) is 0 Å². The summed E-state index contributed by atoms with van der Waals surface area (Å²) in [6.07, 6.45) is 1.79. The van der Waals surface area contributed by atoms with Crippen molar-refractivity contribution in [3.8, 4) is 0 Å². The Labute approximate surface area is 198 Å². The molecule has 0 bridgehead atoms.